The van der Waals surface area contributed by atoms with Crippen LogP contribution in [0.1, 0.15) is 0 Å². The molecule has 4 aromatic heterocycles. The highest BCUT2D eigenvalue weighted by molar-refractivity contribution is 7.23. The van der Waals surface area contributed by atoms with Crippen molar-refractivity contribution in [2.75, 3.05) is 0 Å². The fourth-order valence-corrected chi connectivity index (χ4v) is 8.56. The minimum Gasteiger partial charge on any atom is -0.246 e. The van der Waals surface area contributed by atoms with Crippen molar-refractivity contribution in [3.63, 3.8) is 0 Å². The quantitative estimate of drug-likeness (QED) is 0.171. The van der Waals surface area contributed by atoms with Gasteiger partial charge in [0.05, 0.1) is 38.3 Å². The molecule has 0 radical (unpaired) electrons. The molecular weight excluding hydrogens is 639 g/mol. The summed E-state index contributed by atoms with van der Waals surface area (Å²) in [5, 5.41) is 4.55. The number of rotatable bonds is 5. The molecule has 0 saturated heterocycles. The molecule has 3 nitrogen and oxygen atoms in total. The number of thiophene rings is 1. The predicted octanol–water partition coefficient (Wildman–Crippen LogP) is 12.9. The Hall–Kier alpha value is -6.49. The second-order valence-corrected chi connectivity index (χ2v) is 13.8. The van der Waals surface area contributed by atoms with Gasteiger partial charge in [-0.05, 0) is 35.4 Å². The molecule has 0 spiro atoms. The number of nitrogens with zero attached hydrogens (tertiary/aromatic N) is 3. The van der Waals surface area contributed by atoms with Crippen molar-refractivity contribution >= 4 is 54.1 Å². The van der Waals surface area contributed by atoms with Crippen LogP contribution in [0, 0.1) is 0 Å². The molecule has 4 heterocycles. The summed E-state index contributed by atoms with van der Waals surface area (Å²) < 4.78 is 1.18. The molecule has 0 N–H and O–H groups in total. The fourth-order valence-electron chi connectivity index (χ4n) is 7.20. The molecule has 0 aliphatic carbocycles. The molecule has 0 unspecified atom stereocenters. The van der Waals surface area contributed by atoms with Gasteiger partial charge >= 0.3 is 0 Å². The van der Waals surface area contributed by atoms with Gasteiger partial charge in [-0.15, -0.1) is 11.3 Å². The summed E-state index contributed by atoms with van der Waals surface area (Å²) in [6.45, 7) is 0. The second kappa shape index (κ2) is 12.1. The Bertz CT molecular complexity index is 2900. The molecule has 0 aliphatic heterocycles. The van der Waals surface area contributed by atoms with E-state index in [1.807, 2.05) is 29.5 Å². The summed E-state index contributed by atoms with van der Waals surface area (Å²) in [6.07, 6.45) is 0. The van der Waals surface area contributed by atoms with E-state index in [0.717, 1.165) is 66.5 Å². The third kappa shape index (κ3) is 5.08. The summed E-state index contributed by atoms with van der Waals surface area (Å²) in [4.78, 5) is 17.0. The third-order valence-electron chi connectivity index (χ3n) is 9.65. The van der Waals surface area contributed by atoms with Crippen LogP contribution in [0.2, 0.25) is 0 Å². The number of benzene rings is 6. The largest absolute Gasteiger partial charge is 0.246 e. The molecule has 0 saturated carbocycles. The second-order valence-electron chi connectivity index (χ2n) is 12.8. The average molecular weight is 668 g/mol. The van der Waals surface area contributed by atoms with Gasteiger partial charge < -0.3 is 0 Å². The lowest BCUT2D eigenvalue weighted by Crippen LogP contribution is -1.92. The van der Waals surface area contributed by atoms with Crippen molar-refractivity contribution in [1.29, 1.82) is 0 Å². The van der Waals surface area contributed by atoms with E-state index >= 15 is 0 Å². The van der Waals surface area contributed by atoms with Crippen LogP contribution in [0.25, 0.3) is 98.1 Å². The third-order valence-corrected chi connectivity index (χ3v) is 10.9. The Morgan fingerprint density at radius 2 is 0.922 bits per heavy atom. The number of hydrogen-bond acceptors (Lipinski definition) is 4. The van der Waals surface area contributed by atoms with Crippen LogP contribution in [0.3, 0.4) is 0 Å². The number of hydrogen-bond donors (Lipinski definition) is 0. The molecule has 0 bridgehead atoms. The van der Waals surface area contributed by atoms with Crippen LogP contribution in [0.5, 0.6) is 0 Å². The van der Waals surface area contributed by atoms with Crippen molar-refractivity contribution in [3.8, 4) is 55.3 Å². The normalized spacial score (nSPS) is 11.5. The van der Waals surface area contributed by atoms with E-state index in [4.69, 9.17) is 15.0 Å². The molecule has 0 atom stereocenters. The molecule has 10 rings (SSSR count). The fraction of sp³-hybridized carbons (Fsp3) is 0. The smallest absolute Gasteiger partial charge is 0.0972 e. The summed E-state index contributed by atoms with van der Waals surface area (Å²) in [5.74, 6) is 0. The zero-order chi connectivity index (χ0) is 33.7. The minimum absolute atomic E-state index is 0.901. The first-order valence-electron chi connectivity index (χ1n) is 17.1. The number of aromatic nitrogens is 3. The standard InChI is InChI=1S/C47H29N3S/c1-4-13-30(14-5-1)38-27-25-32-23-24-33-26-28-39(49-44(33)43(32)48-38)35-19-12-20-36(29-35)45-47-42(37-21-10-11-22-40(37)50-45)41(31-15-6-2-7-16-31)46(51-47)34-17-8-3-9-18-34/h1-29H. The Balaban J connectivity index is 1.18. The van der Waals surface area contributed by atoms with Gasteiger partial charge in [0.25, 0.3) is 0 Å². The van der Waals surface area contributed by atoms with E-state index in [1.54, 1.807) is 0 Å². The predicted molar refractivity (Wildman–Crippen MR) is 215 cm³/mol. The molecular formula is C47H29N3S. The zero-order valence-electron chi connectivity index (χ0n) is 27.5. The molecule has 51 heavy (non-hydrogen) atoms. The maximum atomic E-state index is 5.36. The first-order valence-corrected chi connectivity index (χ1v) is 17.9. The van der Waals surface area contributed by atoms with E-state index in [2.05, 4.69) is 158 Å². The van der Waals surface area contributed by atoms with Crippen molar-refractivity contribution < 1.29 is 0 Å². The first-order chi connectivity index (χ1) is 25.3. The van der Waals surface area contributed by atoms with Crippen LogP contribution in [-0.2, 0) is 0 Å². The molecule has 10 aromatic rings. The summed E-state index contributed by atoms with van der Waals surface area (Å²) in [5.41, 5.74) is 12.5. The molecule has 238 valence electrons. The van der Waals surface area contributed by atoms with Crippen LogP contribution in [0.4, 0.5) is 0 Å². The van der Waals surface area contributed by atoms with Gasteiger partial charge in [-0.3, -0.25) is 0 Å². The van der Waals surface area contributed by atoms with Gasteiger partial charge in [-0.2, -0.15) is 0 Å². The summed E-state index contributed by atoms with van der Waals surface area (Å²) in [7, 11) is 0. The lowest BCUT2D eigenvalue weighted by Gasteiger charge is -2.11. The summed E-state index contributed by atoms with van der Waals surface area (Å²) in [6, 6.07) is 61.8. The van der Waals surface area contributed by atoms with E-state index < -0.39 is 0 Å². The van der Waals surface area contributed by atoms with Gasteiger partial charge in [0.1, 0.15) is 0 Å². The SMILES string of the molecule is c1ccc(-c2ccc3ccc4ccc(-c5cccc(-c6nc7ccccc7c7c(-c8ccccc8)c(-c8ccccc8)sc67)c5)nc4c3n2)cc1. The monoisotopic (exact) mass is 667 g/mol. The Kier molecular flexibility index (Phi) is 7.00. The molecule has 6 aromatic carbocycles. The highest BCUT2D eigenvalue weighted by atomic mass is 32.1. The van der Waals surface area contributed by atoms with Gasteiger partial charge in [-0.1, -0.05) is 152 Å². The van der Waals surface area contributed by atoms with E-state index in [0.29, 0.717) is 0 Å². The van der Waals surface area contributed by atoms with Gasteiger partial charge in [0.15, 0.2) is 0 Å². The van der Waals surface area contributed by atoms with Gasteiger partial charge in [-0.25, -0.2) is 15.0 Å². The number of para-hydroxylation sites is 1. The highest BCUT2D eigenvalue weighted by Gasteiger charge is 2.22. The van der Waals surface area contributed by atoms with E-state index in [1.165, 1.54) is 31.7 Å². The van der Waals surface area contributed by atoms with Gasteiger partial charge in [0.2, 0.25) is 0 Å². The minimum atomic E-state index is 0.901. The molecule has 0 aliphatic rings. The lowest BCUT2D eigenvalue weighted by molar-refractivity contribution is 1.36. The van der Waals surface area contributed by atoms with E-state index in [-0.39, 0.29) is 0 Å². The van der Waals surface area contributed by atoms with Crippen molar-refractivity contribution in [2.45, 2.75) is 0 Å². The van der Waals surface area contributed by atoms with Crippen LogP contribution >= 0.6 is 11.3 Å². The molecule has 4 heteroatoms. The zero-order valence-corrected chi connectivity index (χ0v) is 28.3. The first kappa shape index (κ1) is 29.4. The number of fused-ring (bicyclic) bond motifs is 6. The molecule has 0 fully saturated rings. The van der Waals surface area contributed by atoms with Crippen LogP contribution in [-0.4, -0.2) is 15.0 Å². The maximum absolute atomic E-state index is 5.36. The maximum Gasteiger partial charge on any atom is 0.0972 e. The van der Waals surface area contributed by atoms with Crippen LogP contribution < -0.4 is 0 Å². The highest BCUT2D eigenvalue weighted by Crippen LogP contribution is 2.50. The summed E-state index contributed by atoms with van der Waals surface area (Å²) >= 11 is 1.83. The topological polar surface area (TPSA) is 38.7 Å². The lowest BCUT2D eigenvalue weighted by atomic mass is 9.95. The Labute approximate surface area is 299 Å². The van der Waals surface area contributed by atoms with Crippen LogP contribution in [0.15, 0.2) is 176 Å². The molecule has 0 amide bonds. The van der Waals surface area contributed by atoms with Crippen molar-refractivity contribution in [1.82, 2.24) is 15.0 Å². The van der Waals surface area contributed by atoms with Crippen molar-refractivity contribution in [2.24, 2.45) is 0 Å². The number of pyridine rings is 3. The average Bonchev–Trinajstić information content (AvgIpc) is 3.62. The van der Waals surface area contributed by atoms with E-state index in [9.17, 15) is 0 Å². The Morgan fingerprint density at radius 3 is 1.61 bits per heavy atom. The van der Waals surface area contributed by atoms with Gasteiger partial charge in [0, 0.05) is 48.7 Å². The van der Waals surface area contributed by atoms with Crippen molar-refractivity contribution in [3.05, 3.63) is 176 Å². The Morgan fingerprint density at radius 1 is 0.392 bits per heavy atom.